The molecule has 2 rings (SSSR count). The summed E-state index contributed by atoms with van der Waals surface area (Å²) in [6.07, 6.45) is 1.20. The van der Waals surface area contributed by atoms with Crippen LogP contribution in [0.3, 0.4) is 0 Å². The Morgan fingerprint density at radius 3 is 2.32 bits per heavy atom. The molecule has 0 spiro atoms. The van der Waals surface area contributed by atoms with E-state index in [2.05, 4.69) is 0 Å². The first-order chi connectivity index (χ1) is 10.0. The first kappa shape index (κ1) is 15.9. The minimum atomic E-state index is -3.35. The highest BCUT2D eigenvalue weighted by atomic mass is 19.3. The number of halogens is 2. The number of pyridine rings is 1. The van der Waals surface area contributed by atoms with E-state index in [4.69, 9.17) is 0 Å². The first-order valence-corrected chi connectivity index (χ1v) is 6.46. The van der Waals surface area contributed by atoms with Crippen LogP contribution >= 0.6 is 0 Å². The zero-order valence-electron chi connectivity index (χ0n) is 12.6. The summed E-state index contributed by atoms with van der Waals surface area (Å²) in [6, 6.07) is 2.29. The quantitative estimate of drug-likeness (QED) is 0.611. The fourth-order valence-corrected chi connectivity index (χ4v) is 2.38. The number of aryl methyl sites for hydroxylation is 2. The normalized spacial score (nSPS) is 11.7. The Bertz CT molecular complexity index is 840. The summed E-state index contributed by atoms with van der Waals surface area (Å²) in [5.74, 6) is -3.54. The molecule has 0 aliphatic rings. The van der Waals surface area contributed by atoms with Crippen LogP contribution in [-0.4, -0.2) is 9.13 Å². The molecule has 2 aromatic rings. The van der Waals surface area contributed by atoms with Crippen molar-refractivity contribution in [3.63, 3.8) is 0 Å². The van der Waals surface area contributed by atoms with Crippen molar-refractivity contribution in [1.29, 1.82) is 0 Å². The van der Waals surface area contributed by atoms with Gasteiger partial charge < -0.3 is 5.21 Å². The Balaban J connectivity index is 2.89. The Morgan fingerprint density at radius 1 is 1.23 bits per heavy atom. The maximum atomic E-state index is 13.4. The number of rotatable bonds is 2. The van der Waals surface area contributed by atoms with Crippen LogP contribution in [0.15, 0.2) is 27.9 Å². The molecule has 0 N–H and O–H groups in total. The van der Waals surface area contributed by atoms with Gasteiger partial charge in [-0.05, 0) is 25.5 Å². The van der Waals surface area contributed by atoms with E-state index in [9.17, 15) is 23.6 Å². The van der Waals surface area contributed by atoms with Crippen molar-refractivity contribution in [3.05, 3.63) is 61.2 Å². The van der Waals surface area contributed by atoms with Crippen LogP contribution in [0.5, 0.6) is 0 Å². The van der Waals surface area contributed by atoms with Crippen molar-refractivity contribution in [1.82, 2.24) is 9.13 Å². The molecule has 0 radical (unpaired) electrons. The van der Waals surface area contributed by atoms with Gasteiger partial charge in [0.05, 0.1) is 12.3 Å². The number of hydrogen-bond donors (Lipinski definition) is 0. The summed E-state index contributed by atoms with van der Waals surface area (Å²) < 4.78 is 28.5. The smallest absolute Gasteiger partial charge is 0.423 e. The molecule has 22 heavy (non-hydrogen) atoms. The number of alkyl halides is 2. The van der Waals surface area contributed by atoms with Crippen LogP contribution in [0.4, 0.5) is 8.78 Å². The van der Waals surface area contributed by atoms with Crippen LogP contribution < -0.4 is 16.0 Å². The highest BCUT2D eigenvalue weighted by molar-refractivity contribution is 5.31. The average Bonchev–Trinajstić information content (AvgIpc) is 2.35. The van der Waals surface area contributed by atoms with Crippen LogP contribution in [0.2, 0.25) is 0 Å². The van der Waals surface area contributed by atoms with Crippen molar-refractivity contribution < 1.29 is 13.5 Å². The molecular formula is C14H15F2N3O3. The third kappa shape index (κ3) is 2.51. The molecule has 0 saturated carbocycles. The SMILES string of the molecule is Cc1cc(C)c(-n2c(=O)cc(C(C)(F)F)n(C)c2=O)[n+]([O-])c1. The Hall–Kier alpha value is -2.51. The summed E-state index contributed by atoms with van der Waals surface area (Å²) in [4.78, 5) is 24.4. The molecule has 0 unspecified atom stereocenters. The van der Waals surface area contributed by atoms with E-state index in [-0.39, 0.29) is 5.82 Å². The van der Waals surface area contributed by atoms with Crippen LogP contribution in [0, 0.1) is 19.1 Å². The van der Waals surface area contributed by atoms with E-state index in [1.807, 2.05) is 0 Å². The molecule has 0 aliphatic carbocycles. The molecule has 0 atom stereocenters. The summed E-state index contributed by atoms with van der Waals surface area (Å²) in [5.41, 5.74) is -1.64. The molecule has 6 nitrogen and oxygen atoms in total. The second kappa shape index (κ2) is 5.04. The molecule has 0 aromatic carbocycles. The molecular weight excluding hydrogens is 296 g/mol. The number of hydrogen-bond acceptors (Lipinski definition) is 3. The lowest BCUT2D eigenvalue weighted by Crippen LogP contribution is -2.47. The third-order valence-electron chi connectivity index (χ3n) is 3.31. The fraction of sp³-hybridized carbons (Fsp3) is 0.357. The standard InChI is InChI=1S/C14H15F2N3O3/c1-8-5-9(2)12(18(22)7-8)19-11(20)6-10(14(3,15)16)17(4)13(19)21/h5-7H,1-4H3. The van der Waals surface area contributed by atoms with Gasteiger partial charge in [0.2, 0.25) is 0 Å². The molecule has 118 valence electrons. The van der Waals surface area contributed by atoms with Crippen molar-refractivity contribution in [2.45, 2.75) is 26.7 Å². The number of nitrogens with zero attached hydrogens (tertiary/aromatic N) is 3. The zero-order valence-corrected chi connectivity index (χ0v) is 12.6. The van der Waals surface area contributed by atoms with Crippen molar-refractivity contribution in [2.75, 3.05) is 0 Å². The maximum Gasteiger partial charge on any atom is 0.423 e. The lowest BCUT2D eigenvalue weighted by molar-refractivity contribution is -0.600. The lowest BCUT2D eigenvalue weighted by atomic mass is 10.2. The largest absolute Gasteiger partial charge is 0.711 e. The molecule has 2 aromatic heterocycles. The third-order valence-corrected chi connectivity index (χ3v) is 3.31. The van der Waals surface area contributed by atoms with Crippen LogP contribution in [0.1, 0.15) is 23.7 Å². The van der Waals surface area contributed by atoms with Gasteiger partial charge in [0.25, 0.3) is 11.7 Å². The lowest BCUT2D eigenvalue weighted by Gasteiger charge is -2.16. The van der Waals surface area contributed by atoms with Gasteiger partial charge in [-0.2, -0.15) is 0 Å². The van der Waals surface area contributed by atoms with Gasteiger partial charge >= 0.3 is 11.2 Å². The van der Waals surface area contributed by atoms with Crippen LogP contribution in [-0.2, 0) is 13.0 Å². The summed E-state index contributed by atoms with van der Waals surface area (Å²) >= 11 is 0. The van der Waals surface area contributed by atoms with Crippen molar-refractivity contribution >= 4 is 0 Å². The Labute approximate surface area is 124 Å². The van der Waals surface area contributed by atoms with Gasteiger partial charge in [-0.25, -0.2) is 23.1 Å². The van der Waals surface area contributed by atoms with Gasteiger partial charge in [0, 0.05) is 19.5 Å². The van der Waals surface area contributed by atoms with Gasteiger partial charge in [-0.15, -0.1) is 4.57 Å². The van der Waals surface area contributed by atoms with Gasteiger partial charge in [0.15, 0.2) is 0 Å². The molecule has 2 heterocycles. The summed E-state index contributed by atoms with van der Waals surface area (Å²) in [7, 11) is 1.13. The molecule has 0 fully saturated rings. The van der Waals surface area contributed by atoms with E-state index < -0.39 is 22.9 Å². The molecule has 0 aliphatic heterocycles. The second-order valence-electron chi connectivity index (χ2n) is 5.28. The van der Waals surface area contributed by atoms with Crippen molar-refractivity contribution in [3.8, 4) is 5.82 Å². The maximum absolute atomic E-state index is 13.4. The monoisotopic (exact) mass is 311 g/mol. The van der Waals surface area contributed by atoms with E-state index in [1.54, 1.807) is 19.9 Å². The van der Waals surface area contributed by atoms with E-state index in [0.717, 1.165) is 7.05 Å². The zero-order chi connectivity index (χ0) is 16.8. The fourth-order valence-electron chi connectivity index (χ4n) is 2.38. The Kier molecular flexibility index (Phi) is 3.64. The first-order valence-electron chi connectivity index (χ1n) is 6.46. The average molecular weight is 311 g/mol. The molecule has 8 heteroatoms. The van der Waals surface area contributed by atoms with Gasteiger partial charge in [-0.1, -0.05) is 0 Å². The molecule has 0 saturated heterocycles. The summed E-state index contributed by atoms with van der Waals surface area (Å²) in [5, 5.41) is 12.0. The topological polar surface area (TPSA) is 70.9 Å². The van der Waals surface area contributed by atoms with Crippen molar-refractivity contribution in [2.24, 2.45) is 7.05 Å². The van der Waals surface area contributed by atoms with Crippen LogP contribution in [0.25, 0.3) is 5.82 Å². The number of aromatic nitrogens is 3. The predicted octanol–water partition coefficient (Wildman–Crippen LogP) is 0.898. The van der Waals surface area contributed by atoms with E-state index in [0.29, 0.717) is 38.0 Å². The van der Waals surface area contributed by atoms with E-state index in [1.165, 1.54) is 6.20 Å². The molecule has 0 bridgehead atoms. The minimum absolute atomic E-state index is 0.192. The van der Waals surface area contributed by atoms with Gasteiger partial charge in [0.1, 0.15) is 5.69 Å². The Morgan fingerprint density at radius 2 is 1.82 bits per heavy atom. The van der Waals surface area contributed by atoms with Gasteiger partial charge in [-0.3, -0.25) is 4.57 Å². The highest BCUT2D eigenvalue weighted by Gasteiger charge is 2.32. The predicted molar refractivity (Wildman–Crippen MR) is 75.3 cm³/mol. The highest BCUT2D eigenvalue weighted by Crippen LogP contribution is 2.24. The molecule has 0 amide bonds. The summed E-state index contributed by atoms with van der Waals surface area (Å²) in [6.45, 7) is 3.84. The minimum Gasteiger partial charge on any atom is -0.711 e. The second-order valence-corrected chi connectivity index (χ2v) is 5.28. The van der Waals surface area contributed by atoms with E-state index >= 15 is 0 Å².